The minimum Gasteiger partial charge on any atom is -0.360 e. The summed E-state index contributed by atoms with van der Waals surface area (Å²) < 4.78 is 6.22. The van der Waals surface area contributed by atoms with Gasteiger partial charge in [-0.2, -0.15) is 0 Å². The van der Waals surface area contributed by atoms with E-state index in [0.717, 1.165) is 25.9 Å². The van der Waals surface area contributed by atoms with Gasteiger partial charge in [0.25, 0.3) is 0 Å². The lowest BCUT2D eigenvalue weighted by Crippen LogP contribution is -2.48. The van der Waals surface area contributed by atoms with E-state index < -0.39 is 5.60 Å². The summed E-state index contributed by atoms with van der Waals surface area (Å²) in [5.74, 6) is -0.103. The molecule has 5 heterocycles. The average Bonchev–Trinajstić information content (AvgIpc) is 3.36. The maximum atomic E-state index is 13.4. The van der Waals surface area contributed by atoms with Crippen LogP contribution in [0.3, 0.4) is 0 Å². The van der Waals surface area contributed by atoms with Crippen LogP contribution in [0.4, 0.5) is 0 Å². The molecule has 0 aliphatic carbocycles. The van der Waals surface area contributed by atoms with E-state index in [-0.39, 0.29) is 35.8 Å². The number of ether oxygens (including phenoxy) is 1. The molecule has 4 aliphatic rings. The van der Waals surface area contributed by atoms with E-state index in [0.29, 0.717) is 12.5 Å². The fourth-order valence-electron chi connectivity index (χ4n) is 5.53. The van der Waals surface area contributed by atoms with E-state index in [1.165, 1.54) is 5.56 Å². The van der Waals surface area contributed by atoms with Gasteiger partial charge in [0.15, 0.2) is 0 Å². The number of nitrogens with zero attached hydrogens (tertiary/aromatic N) is 3. The molecule has 4 aliphatic heterocycles. The Kier molecular flexibility index (Phi) is 4.09. The van der Waals surface area contributed by atoms with Gasteiger partial charge in [0, 0.05) is 31.5 Å². The predicted octanol–water partition coefficient (Wildman–Crippen LogP) is 1.98. The van der Waals surface area contributed by atoms with Crippen molar-refractivity contribution in [1.82, 2.24) is 14.8 Å². The molecule has 3 saturated heterocycles. The first-order valence-corrected chi connectivity index (χ1v) is 10.4. The van der Waals surface area contributed by atoms with Crippen LogP contribution in [0, 0.1) is 11.8 Å². The highest BCUT2D eigenvalue weighted by molar-refractivity contribution is 5.93. The number of piperidine rings is 1. The molecular weight excluding hydrogens is 354 g/mol. The maximum absolute atomic E-state index is 13.4. The number of hydrogen-bond acceptors (Lipinski definition) is 4. The molecular formula is C22H27N3O3. The van der Waals surface area contributed by atoms with Crippen molar-refractivity contribution < 1.29 is 14.3 Å². The standard InChI is InChI=1S/C22H27N3O3/c1-14(2)25-13-22-8-3-17(28-22)18(19(22)21(25)27)20(26)24-11-6-16(7-12-24)15-4-9-23-10-5-15/h3-5,8-10,14,16-19H,6-7,11-13H2,1-2H3/t17-,18-,19-,22-/m1/s1. The first-order valence-electron chi connectivity index (χ1n) is 10.4. The lowest BCUT2D eigenvalue weighted by Gasteiger charge is -2.35. The largest absolute Gasteiger partial charge is 0.360 e. The van der Waals surface area contributed by atoms with Crippen molar-refractivity contribution in [2.24, 2.45) is 11.8 Å². The van der Waals surface area contributed by atoms with Crippen LogP contribution in [0.2, 0.25) is 0 Å². The second kappa shape index (κ2) is 6.41. The number of aromatic nitrogens is 1. The molecule has 6 nitrogen and oxygen atoms in total. The van der Waals surface area contributed by atoms with E-state index >= 15 is 0 Å². The molecule has 5 rings (SSSR count). The molecule has 0 N–H and O–H groups in total. The van der Waals surface area contributed by atoms with Gasteiger partial charge in [-0.25, -0.2) is 0 Å². The highest BCUT2D eigenvalue weighted by atomic mass is 16.5. The van der Waals surface area contributed by atoms with Crippen LogP contribution in [0.5, 0.6) is 0 Å². The number of rotatable bonds is 3. The van der Waals surface area contributed by atoms with Gasteiger partial charge in [-0.05, 0) is 50.3 Å². The molecule has 0 saturated carbocycles. The van der Waals surface area contributed by atoms with Crippen molar-refractivity contribution in [3.63, 3.8) is 0 Å². The number of likely N-dealkylation sites (tertiary alicyclic amines) is 2. The van der Waals surface area contributed by atoms with Gasteiger partial charge in [0.05, 0.1) is 24.5 Å². The molecule has 0 aromatic carbocycles. The molecule has 148 valence electrons. The Balaban J connectivity index is 1.31. The number of hydrogen-bond donors (Lipinski definition) is 0. The zero-order valence-corrected chi connectivity index (χ0v) is 16.5. The molecule has 0 radical (unpaired) electrons. The number of carbonyl (C=O) groups excluding carboxylic acids is 2. The monoisotopic (exact) mass is 381 g/mol. The van der Waals surface area contributed by atoms with Crippen LogP contribution < -0.4 is 0 Å². The average molecular weight is 381 g/mol. The fraction of sp³-hybridized carbons (Fsp3) is 0.591. The normalized spacial score (nSPS) is 34.5. The lowest BCUT2D eigenvalue weighted by atomic mass is 9.76. The van der Waals surface area contributed by atoms with Gasteiger partial charge in [0.1, 0.15) is 5.60 Å². The van der Waals surface area contributed by atoms with Crippen LogP contribution in [0.25, 0.3) is 0 Å². The molecule has 28 heavy (non-hydrogen) atoms. The molecule has 1 aromatic heterocycles. The first-order chi connectivity index (χ1) is 13.5. The van der Waals surface area contributed by atoms with Crippen LogP contribution in [-0.4, -0.2) is 64.0 Å². The SMILES string of the molecule is CC(C)N1C[C@@]23C=C[C@@H](O2)[C@@H](C(=O)N2CCC(c4ccncc4)CC2)[C@@H]3C1=O. The van der Waals surface area contributed by atoms with Crippen LogP contribution >= 0.6 is 0 Å². The lowest BCUT2D eigenvalue weighted by molar-refractivity contribution is -0.144. The zero-order chi connectivity index (χ0) is 19.5. The Labute approximate surface area is 165 Å². The molecule has 1 spiro atoms. The summed E-state index contributed by atoms with van der Waals surface area (Å²) in [6, 6.07) is 4.26. The van der Waals surface area contributed by atoms with Crippen molar-refractivity contribution in [2.45, 2.75) is 50.4 Å². The zero-order valence-electron chi connectivity index (χ0n) is 16.5. The molecule has 6 heteroatoms. The molecule has 2 bridgehead atoms. The summed E-state index contributed by atoms with van der Waals surface area (Å²) in [6.45, 7) is 6.08. The number of fused-ring (bicyclic) bond motifs is 1. The van der Waals surface area contributed by atoms with E-state index in [2.05, 4.69) is 17.1 Å². The third kappa shape index (κ3) is 2.54. The number of pyridine rings is 1. The maximum Gasteiger partial charge on any atom is 0.230 e. The second-order valence-electron chi connectivity index (χ2n) is 8.84. The van der Waals surface area contributed by atoms with Crippen molar-refractivity contribution in [2.75, 3.05) is 19.6 Å². The summed E-state index contributed by atoms with van der Waals surface area (Å²) in [7, 11) is 0. The van der Waals surface area contributed by atoms with Gasteiger partial charge in [-0.1, -0.05) is 12.2 Å². The van der Waals surface area contributed by atoms with E-state index in [9.17, 15) is 9.59 Å². The Morgan fingerprint density at radius 1 is 1.25 bits per heavy atom. The molecule has 4 atom stereocenters. The second-order valence-corrected chi connectivity index (χ2v) is 8.84. The summed E-state index contributed by atoms with van der Waals surface area (Å²) in [5.41, 5.74) is 0.701. The Morgan fingerprint density at radius 3 is 2.64 bits per heavy atom. The Hall–Kier alpha value is -2.21. The third-order valence-corrected chi connectivity index (χ3v) is 7.02. The van der Waals surface area contributed by atoms with Gasteiger partial charge in [0.2, 0.25) is 11.8 Å². The number of carbonyl (C=O) groups is 2. The highest BCUT2D eigenvalue weighted by Gasteiger charge is 2.67. The molecule has 3 fully saturated rings. The Bertz CT molecular complexity index is 816. The van der Waals surface area contributed by atoms with E-state index in [1.54, 1.807) is 0 Å². The quantitative estimate of drug-likeness (QED) is 0.751. The van der Waals surface area contributed by atoms with Gasteiger partial charge < -0.3 is 14.5 Å². The number of amides is 2. The smallest absolute Gasteiger partial charge is 0.230 e. The predicted molar refractivity (Wildman–Crippen MR) is 103 cm³/mol. The van der Waals surface area contributed by atoms with E-state index in [4.69, 9.17) is 4.74 Å². The first kappa shape index (κ1) is 17.9. The summed E-state index contributed by atoms with van der Waals surface area (Å²) in [6.07, 6.45) is 9.34. The van der Waals surface area contributed by atoms with E-state index in [1.807, 2.05) is 48.2 Å². The topological polar surface area (TPSA) is 62.7 Å². The fourth-order valence-corrected chi connectivity index (χ4v) is 5.53. The van der Waals surface area contributed by atoms with Crippen molar-refractivity contribution in [3.05, 3.63) is 42.2 Å². The van der Waals surface area contributed by atoms with Crippen LogP contribution in [-0.2, 0) is 14.3 Å². The van der Waals surface area contributed by atoms with Gasteiger partial charge >= 0.3 is 0 Å². The minimum absolute atomic E-state index is 0.0758. The minimum atomic E-state index is -0.596. The Morgan fingerprint density at radius 2 is 1.96 bits per heavy atom. The molecule has 1 aromatic rings. The van der Waals surface area contributed by atoms with Crippen LogP contribution in [0.1, 0.15) is 38.2 Å². The summed E-state index contributed by atoms with van der Waals surface area (Å²) in [4.78, 5) is 34.4. The van der Waals surface area contributed by atoms with Gasteiger partial charge in [-0.3, -0.25) is 14.6 Å². The van der Waals surface area contributed by atoms with Crippen LogP contribution in [0.15, 0.2) is 36.7 Å². The highest BCUT2D eigenvalue weighted by Crippen LogP contribution is 2.52. The summed E-state index contributed by atoms with van der Waals surface area (Å²) >= 11 is 0. The van der Waals surface area contributed by atoms with Crippen molar-refractivity contribution >= 4 is 11.8 Å². The van der Waals surface area contributed by atoms with Crippen molar-refractivity contribution in [3.8, 4) is 0 Å². The molecule has 0 unspecified atom stereocenters. The third-order valence-electron chi connectivity index (χ3n) is 7.02. The summed E-state index contributed by atoms with van der Waals surface area (Å²) in [5, 5.41) is 0. The van der Waals surface area contributed by atoms with Crippen molar-refractivity contribution in [1.29, 1.82) is 0 Å². The van der Waals surface area contributed by atoms with Gasteiger partial charge in [-0.15, -0.1) is 0 Å². The molecule has 2 amide bonds.